The van der Waals surface area contributed by atoms with Crippen molar-refractivity contribution in [2.75, 3.05) is 0 Å². The summed E-state index contributed by atoms with van der Waals surface area (Å²) in [6.45, 7) is 6.07. The molecule has 1 heterocycles. The van der Waals surface area contributed by atoms with E-state index in [0.29, 0.717) is 34.8 Å². The standard InChI is InChI=1S/C21H17N3O4/c1-20(2)10-21(3,28-19-9-15(23-12-26)5-7-17(19)20)16-6-4-14(22-11-25)8-18(16)24-13-27/h4-9H,10H2,1-3H3. The zero-order valence-electron chi connectivity index (χ0n) is 15.6. The number of aliphatic imine (C=N–C) groups is 3. The maximum atomic E-state index is 10.9. The molecule has 1 aliphatic heterocycles. The van der Waals surface area contributed by atoms with Gasteiger partial charge >= 0.3 is 0 Å². The van der Waals surface area contributed by atoms with Crippen molar-refractivity contribution in [1.82, 2.24) is 0 Å². The zero-order valence-corrected chi connectivity index (χ0v) is 15.6. The minimum absolute atomic E-state index is 0.270. The Labute approximate surface area is 161 Å². The quantitative estimate of drug-likeness (QED) is 0.578. The van der Waals surface area contributed by atoms with Crippen molar-refractivity contribution in [1.29, 1.82) is 0 Å². The van der Waals surface area contributed by atoms with Crippen molar-refractivity contribution in [2.24, 2.45) is 15.0 Å². The van der Waals surface area contributed by atoms with Crippen LogP contribution in [0.2, 0.25) is 0 Å². The zero-order chi connectivity index (χ0) is 20.4. The molecular weight excluding hydrogens is 358 g/mol. The molecule has 1 unspecified atom stereocenters. The molecule has 0 N–H and O–H groups in total. The molecule has 0 spiro atoms. The Balaban J connectivity index is 2.17. The van der Waals surface area contributed by atoms with Gasteiger partial charge in [0.15, 0.2) is 0 Å². The van der Waals surface area contributed by atoms with E-state index in [1.54, 1.807) is 24.3 Å². The number of isocyanates is 3. The van der Waals surface area contributed by atoms with Crippen LogP contribution in [0.5, 0.6) is 5.75 Å². The summed E-state index contributed by atoms with van der Waals surface area (Å²) in [6, 6.07) is 10.2. The van der Waals surface area contributed by atoms with Crippen LogP contribution >= 0.6 is 0 Å². The minimum Gasteiger partial charge on any atom is -0.482 e. The summed E-state index contributed by atoms with van der Waals surface area (Å²) in [5, 5.41) is 0. The molecule has 0 saturated heterocycles. The third-order valence-electron chi connectivity index (χ3n) is 4.88. The van der Waals surface area contributed by atoms with E-state index in [-0.39, 0.29) is 5.41 Å². The van der Waals surface area contributed by atoms with Gasteiger partial charge in [-0.05, 0) is 30.5 Å². The van der Waals surface area contributed by atoms with E-state index in [2.05, 4.69) is 28.8 Å². The first-order valence-corrected chi connectivity index (χ1v) is 8.55. The summed E-state index contributed by atoms with van der Waals surface area (Å²) in [5.41, 5.74) is 1.62. The number of carbonyl (C=O) groups excluding carboxylic acids is 3. The van der Waals surface area contributed by atoms with Gasteiger partial charge in [0.2, 0.25) is 18.2 Å². The van der Waals surface area contributed by atoms with Gasteiger partial charge in [0.25, 0.3) is 0 Å². The number of hydrogen-bond donors (Lipinski definition) is 0. The fraction of sp³-hybridized carbons (Fsp3) is 0.286. The largest absolute Gasteiger partial charge is 0.482 e. The number of fused-ring (bicyclic) bond motifs is 1. The van der Waals surface area contributed by atoms with Crippen LogP contribution < -0.4 is 4.74 Å². The van der Waals surface area contributed by atoms with Gasteiger partial charge < -0.3 is 4.74 Å². The summed E-state index contributed by atoms with van der Waals surface area (Å²) in [5.74, 6) is 0.589. The number of hydrogen-bond acceptors (Lipinski definition) is 7. The summed E-state index contributed by atoms with van der Waals surface area (Å²) < 4.78 is 6.33. The monoisotopic (exact) mass is 375 g/mol. The number of rotatable bonds is 4. The first kappa shape index (κ1) is 19.2. The lowest BCUT2D eigenvalue weighted by Gasteiger charge is -2.44. The van der Waals surface area contributed by atoms with E-state index in [0.717, 1.165) is 5.56 Å². The average molecular weight is 375 g/mol. The third kappa shape index (κ3) is 3.46. The number of nitrogens with zero attached hydrogens (tertiary/aromatic N) is 3. The van der Waals surface area contributed by atoms with Gasteiger partial charge in [0.05, 0.1) is 17.1 Å². The fourth-order valence-electron chi connectivity index (χ4n) is 3.88. The molecule has 7 heteroatoms. The molecule has 0 saturated carbocycles. The van der Waals surface area contributed by atoms with Crippen molar-refractivity contribution in [3.05, 3.63) is 47.5 Å². The molecule has 2 aromatic rings. The van der Waals surface area contributed by atoms with E-state index < -0.39 is 5.60 Å². The average Bonchev–Trinajstić information content (AvgIpc) is 2.61. The van der Waals surface area contributed by atoms with E-state index in [4.69, 9.17) is 4.74 Å². The highest BCUT2D eigenvalue weighted by molar-refractivity contribution is 5.64. The molecule has 1 atom stereocenters. The van der Waals surface area contributed by atoms with Crippen molar-refractivity contribution >= 4 is 35.3 Å². The summed E-state index contributed by atoms with van der Waals surface area (Å²) in [7, 11) is 0. The van der Waals surface area contributed by atoms with Crippen molar-refractivity contribution in [3.63, 3.8) is 0 Å². The summed E-state index contributed by atoms with van der Waals surface area (Å²) >= 11 is 0. The fourth-order valence-corrected chi connectivity index (χ4v) is 3.88. The second kappa shape index (κ2) is 7.18. The predicted octanol–water partition coefficient (Wildman–Crippen LogP) is 4.56. The first-order valence-electron chi connectivity index (χ1n) is 8.55. The smallest absolute Gasteiger partial charge is 0.240 e. The predicted molar refractivity (Wildman–Crippen MR) is 102 cm³/mol. The van der Waals surface area contributed by atoms with Crippen LogP contribution in [0.4, 0.5) is 17.1 Å². The van der Waals surface area contributed by atoms with Gasteiger partial charge in [-0.15, -0.1) is 0 Å². The molecule has 0 aliphatic carbocycles. The minimum atomic E-state index is -0.834. The van der Waals surface area contributed by atoms with Crippen molar-refractivity contribution < 1.29 is 19.1 Å². The van der Waals surface area contributed by atoms with Crippen LogP contribution in [0.3, 0.4) is 0 Å². The van der Waals surface area contributed by atoms with Crippen LogP contribution in [0.25, 0.3) is 0 Å². The Morgan fingerprint density at radius 2 is 1.39 bits per heavy atom. The van der Waals surface area contributed by atoms with Crippen LogP contribution in [-0.2, 0) is 25.4 Å². The van der Waals surface area contributed by atoms with Gasteiger partial charge in [-0.1, -0.05) is 26.0 Å². The van der Waals surface area contributed by atoms with E-state index >= 15 is 0 Å². The van der Waals surface area contributed by atoms with Gasteiger partial charge in [0, 0.05) is 23.6 Å². The third-order valence-corrected chi connectivity index (χ3v) is 4.88. The van der Waals surface area contributed by atoms with Gasteiger partial charge in [-0.3, -0.25) is 0 Å². The Morgan fingerprint density at radius 1 is 0.821 bits per heavy atom. The summed E-state index contributed by atoms with van der Waals surface area (Å²) in [6.07, 6.45) is 5.13. The first-order chi connectivity index (χ1) is 13.3. The highest BCUT2D eigenvalue weighted by atomic mass is 16.5. The molecule has 140 valence electrons. The highest BCUT2D eigenvalue weighted by Crippen LogP contribution is 2.51. The SMILES string of the molecule is CC1(C)CC(C)(c2ccc(N=C=O)cc2N=C=O)Oc2cc(N=C=O)ccc21. The molecule has 28 heavy (non-hydrogen) atoms. The van der Waals surface area contributed by atoms with E-state index in [1.807, 2.05) is 13.0 Å². The Bertz CT molecular complexity index is 1090. The second-order valence-corrected chi connectivity index (χ2v) is 7.38. The molecular formula is C21H17N3O4. The Hall–Kier alpha value is -3.62. The van der Waals surface area contributed by atoms with Crippen LogP contribution in [0.15, 0.2) is 51.4 Å². The lowest BCUT2D eigenvalue weighted by Crippen LogP contribution is -2.41. The van der Waals surface area contributed by atoms with Gasteiger partial charge in [-0.2, -0.15) is 15.0 Å². The van der Waals surface area contributed by atoms with Gasteiger partial charge in [0.1, 0.15) is 11.4 Å². The molecule has 1 aliphatic rings. The number of benzene rings is 2. The molecule has 2 aromatic carbocycles. The molecule has 0 radical (unpaired) electrons. The lowest BCUT2D eigenvalue weighted by atomic mass is 9.71. The van der Waals surface area contributed by atoms with Crippen LogP contribution in [0, 0.1) is 0 Å². The molecule has 0 bridgehead atoms. The van der Waals surface area contributed by atoms with Crippen LogP contribution in [-0.4, -0.2) is 18.2 Å². The summed E-state index contributed by atoms with van der Waals surface area (Å²) in [4.78, 5) is 43.1. The van der Waals surface area contributed by atoms with Crippen molar-refractivity contribution in [2.45, 2.75) is 38.2 Å². The van der Waals surface area contributed by atoms with E-state index in [9.17, 15) is 14.4 Å². The van der Waals surface area contributed by atoms with E-state index in [1.165, 1.54) is 24.3 Å². The maximum Gasteiger partial charge on any atom is 0.240 e. The molecule has 0 aromatic heterocycles. The number of ether oxygens (including phenoxy) is 1. The van der Waals surface area contributed by atoms with Crippen LogP contribution in [0.1, 0.15) is 38.3 Å². The molecule has 0 fully saturated rings. The molecule has 0 amide bonds. The molecule has 3 rings (SSSR count). The molecule has 7 nitrogen and oxygen atoms in total. The Kier molecular flexibility index (Phi) is 4.91. The normalized spacial score (nSPS) is 19.1. The maximum absolute atomic E-state index is 10.9. The second-order valence-electron chi connectivity index (χ2n) is 7.38. The topological polar surface area (TPSA) is 97.5 Å². The Morgan fingerprint density at radius 3 is 2.00 bits per heavy atom. The highest BCUT2D eigenvalue weighted by Gasteiger charge is 2.44. The lowest BCUT2D eigenvalue weighted by molar-refractivity contribution is 0.0331. The van der Waals surface area contributed by atoms with Crippen molar-refractivity contribution in [3.8, 4) is 5.75 Å². The van der Waals surface area contributed by atoms with Gasteiger partial charge in [-0.25, -0.2) is 14.4 Å².